The summed E-state index contributed by atoms with van der Waals surface area (Å²) in [6.07, 6.45) is 3.78. The maximum Gasteiger partial charge on any atom is 0.349 e. The summed E-state index contributed by atoms with van der Waals surface area (Å²) in [5, 5.41) is 9.76. The van der Waals surface area contributed by atoms with E-state index in [1.807, 2.05) is 6.92 Å². The van der Waals surface area contributed by atoms with Crippen LogP contribution < -0.4 is 11.0 Å². The Balaban J connectivity index is 1.87. The molecule has 0 bridgehead atoms. The van der Waals surface area contributed by atoms with Crippen molar-refractivity contribution < 1.29 is 0 Å². The van der Waals surface area contributed by atoms with E-state index in [9.17, 15) is 4.79 Å². The van der Waals surface area contributed by atoms with Crippen LogP contribution in [0.15, 0.2) is 10.9 Å². The summed E-state index contributed by atoms with van der Waals surface area (Å²) in [7, 11) is 0. The molecule has 0 unspecified atom stereocenters. The molecule has 1 fully saturated rings. The standard InChI is InChI=1S/C12H17N5O/c1-3-12(4-5-12)7-13-9-6-10-15-16-11(18)17(10)8(2)14-9/h6,13H,3-5,7H2,1-2H3,(H,16,18). The van der Waals surface area contributed by atoms with Crippen LogP contribution in [0.5, 0.6) is 0 Å². The fraction of sp³-hybridized carbons (Fsp3) is 0.583. The molecule has 0 saturated heterocycles. The quantitative estimate of drug-likeness (QED) is 0.854. The highest BCUT2D eigenvalue weighted by atomic mass is 16.1. The Hall–Kier alpha value is -1.85. The molecular weight excluding hydrogens is 230 g/mol. The normalized spacial score (nSPS) is 17.0. The van der Waals surface area contributed by atoms with E-state index in [1.54, 1.807) is 6.07 Å². The van der Waals surface area contributed by atoms with Gasteiger partial charge in [0.2, 0.25) is 0 Å². The Labute approximate surface area is 104 Å². The van der Waals surface area contributed by atoms with Crippen molar-refractivity contribution in [3.8, 4) is 0 Å². The molecule has 0 amide bonds. The third-order valence-corrected chi connectivity index (χ3v) is 3.92. The lowest BCUT2D eigenvalue weighted by Crippen LogP contribution is -2.17. The first kappa shape index (κ1) is 11.3. The van der Waals surface area contributed by atoms with Gasteiger partial charge in [-0.1, -0.05) is 6.92 Å². The Morgan fingerprint density at radius 3 is 3.00 bits per heavy atom. The van der Waals surface area contributed by atoms with E-state index < -0.39 is 0 Å². The SMILES string of the molecule is CCC1(CNc2cc3n[nH]c(=O)n3c(C)n2)CC1. The molecule has 1 aliphatic rings. The minimum Gasteiger partial charge on any atom is -0.369 e. The summed E-state index contributed by atoms with van der Waals surface area (Å²) in [4.78, 5) is 15.9. The van der Waals surface area contributed by atoms with Crippen molar-refractivity contribution in [3.63, 3.8) is 0 Å². The molecular formula is C12H17N5O. The zero-order valence-corrected chi connectivity index (χ0v) is 10.7. The Kier molecular flexibility index (Phi) is 2.39. The number of H-pyrrole nitrogens is 1. The van der Waals surface area contributed by atoms with Crippen molar-refractivity contribution in [1.29, 1.82) is 0 Å². The van der Waals surface area contributed by atoms with Crippen LogP contribution in [-0.4, -0.2) is 26.1 Å². The van der Waals surface area contributed by atoms with Crippen LogP contribution >= 0.6 is 0 Å². The largest absolute Gasteiger partial charge is 0.369 e. The molecule has 2 N–H and O–H groups in total. The average Bonchev–Trinajstić information content (AvgIpc) is 3.05. The van der Waals surface area contributed by atoms with E-state index in [1.165, 1.54) is 23.7 Å². The maximum absolute atomic E-state index is 11.5. The van der Waals surface area contributed by atoms with Crippen LogP contribution in [0.25, 0.3) is 5.65 Å². The summed E-state index contributed by atoms with van der Waals surface area (Å²) in [6, 6.07) is 1.80. The Morgan fingerprint density at radius 2 is 2.33 bits per heavy atom. The van der Waals surface area contributed by atoms with Gasteiger partial charge in [-0.25, -0.2) is 19.3 Å². The van der Waals surface area contributed by atoms with E-state index in [-0.39, 0.29) is 5.69 Å². The predicted molar refractivity (Wildman–Crippen MR) is 68.8 cm³/mol. The molecule has 96 valence electrons. The van der Waals surface area contributed by atoms with Crippen LogP contribution in [0, 0.1) is 12.3 Å². The van der Waals surface area contributed by atoms with Crippen LogP contribution in [0.4, 0.5) is 5.82 Å². The number of aromatic amines is 1. The van der Waals surface area contributed by atoms with Gasteiger partial charge in [-0.15, -0.1) is 0 Å². The number of anilines is 1. The van der Waals surface area contributed by atoms with Crippen LogP contribution in [-0.2, 0) is 0 Å². The first-order chi connectivity index (χ1) is 8.63. The van der Waals surface area contributed by atoms with Gasteiger partial charge in [0.25, 0.3) is 0 Å². The molecule has 18 heavy (non-hydrogen) atoms. The monoisotopic (exact) mass is 247 g/mol. The van der Waals surface area contributed by atoms with Crippen molar-refractivity contribution in [2.75, 3.05) is 11.9 Å². The van der Waals surface area contributed by atoms with Crippen molar-refractivity contribution in [2.24, 2.45) is 5.41 Å². The third-order valence-electron chi connectivity index (χ3n) is 3.92. The van der Waals surface area contributed by atoms with Crippen molar-refractivity contribution in [3.05, 3.63) is 22.4 Å². The van der Waals surface area contributed by atoms with Gasteiger partial charge < -0.3 is 5.32 Å². The molecule has 1 saturated carbocycles. The van der Waals surface area contributed by atoms with Crippen molar-refractivity contribution in [1.82, 2.24) is 19.6 Å². The molecule has 2 aromatic rings. The molecule has 6 nitrogen and oxygen atoms in total. The smallest absolute Gasteiger partial charge is 0.349 e. The van der Waals surface area contributed by atoms with Crippen LogP contribution in [0.2, 0.25) is 0 Å². The summed E-state index contributed by atoms with van der Waals surface area (Å²) >= 11 is 0. The Bertz CT molecular complexity index is 637. The number of nitrogens with zero attached hydrogens (tertiary/aromatic N) is 3. The average molecular weight is 247 g/mol. The van der Waals surface area contributed by atoms with Crippen molar-refractivity contribution >= 4 is 11.5 Å². The second-order valence-corrected chi connectivity index (χ2v) is 5.12. The van der Waals surface area contributed by atoms with E-state index in [0.717, 1.165) is 12.4 Å². The third kappa shape index (κ3) is 1.77. The molecule has 0 radical (unpaired) electrons. The second-order valence-electron chi connectivity index (χ2n) is 5.12. The first-order valence-electron chi connectivity index (χ1n) is 6.32. The van der Waals surface area contributed by atoms with E-state index in [4.69, 9.17) is 0 Å². The van der Waals surface area contributed by atoms with E-state index >= 15 is 0 Å². The van der Waals surface area contributed by atoms with Gasteiger partial charge in [0.15, 0.2) is 5.65 Å². The van der Waals surface area contributed by atoms with Gasteiger partial charge in [0.1, 0.15) is 11.6 Å². The number of fused-ring (bicyclic) bond motifs is 1. The number of aryl methyl sites for hydroxylation is 1. The number of rotatable bonds is 4. The van der Waals surface area contributed by atoms with Gasteiger partial charge in [0, 0.05) is 12.6 Å². The summed E-state index contributed by atoms with van der Waals surface area (Å²) in [5.41, 5.74) is 0.831. The van der Waals surface area contributed by atoms with Gasteiger partial charge in [0.05, 0.1) is 0 Å². The molecule has 0 atom stereocenters. The van der Waals surface area contributed by atoms with Crippen LogP contribution in [0.3, 0.4) is 0 Å². The minimum absolute atomic E-state index is 0.242. The summed E-state index contributed by atoms with van der Waals surface area (Å²) in [5.74, 6) is 1.44. The molecule has 0 aliphatic heterocycles. The fourth-order valence-corrected chi connectivity index (χ4v) is 2.30. The minimum atomic E-state index is -0.242. The molecule has 2 heterocycles. The molecule has 6 heteroatoms. The topological polar surface area (TPSA) is 75.1 Å². The van der Waals surface area contributed by atoms with Gasteiger partial charge in [-0.3, -0.25) is 0 Å². The molecule has 0 aromatic carbocycles. The highest BCUT2D eigenvalue weighted by Gasteiger charge is 2.40. The maximum atomic E-state index is 11.5. The number of hydrogen-bond donors (Lipinski definition) is 2. The zero-order chi connectivity index (χ0) is 12.8. The molecule has 0 spiro atoms. The molecule has 3 rings (SSSR count). The second kappa shape index (κ2) is 3.83. The van der Waals surface area contributed by atoms with Gasteiger partial charge >= 0.3 is 5.69 Å². The Morgan fingerprint density at radius 1 is 1.56 bits per heavy atom. The van der Waals surface area contributed by atoms with Crippen LogP contribution in [0.1, 0.15) is 32.0 Å². The highest BCUT2D eigenvalue weighted by molar-refractivity contribution is 5.49. The summed E-state index contributed by atoms with van der Waals surface area (Å²) < 4.78 is 1.47. The number of aromatic nitrogens is 4. The highest BCUT2D eigenvalue weighted by Crippen LogP contribution is 2.48. The molecule has 2 aromatic heterocycles. The van der Waals surface area contributed by atoms with Crippen molar-refractivity contribution in [2.45, 2.75) is 33.1 Å². The summed E-state index contributed by atoms with van der Waals surface area (Å²) in [6.45, 7) is 4.98. The van der Waals surface area contributed by atoms with Gasteiger partial charge in [-0.2, -0.15) is 5.10 Å². The van der Waals surface area contributed by atoms with E-state index in [2.05, 4.69) is 27.4 Å². The fourth-order valence-electron chi connectivity index (χ4n) is 2.30. The predicted octanol–water partition coefficient (Wildman–Crippen LogP) is 1.33. The van der Waals surface area contributed by atoms with Gasteiger partial charge in [-0.05, 0) is 31.6 Å². The molecule has 1 aliphatic carbocycles. The van der Waals surface area contributed by atoms with E-state index in [0.29, 0.717) is 16.9 Å². The lowest BCUT2D eigenvalue weighted by Gasteiger charge is -2.14. The lowest BCUT2D eigenvalue weighted by molar-refractivity contribution is 0.520. The zero-order valence-electron chi connectivity index (χ0n) is 10.7. The lowest BCUT2D eigenvalue weighted by atomic mass is 10.0. The number of hydrogen-bond acceptors (Lipinski definition) is 4. The number of nitrogens with one attached hydrogen (secondary N) is 2. The first-order valence-corrected chi connectivity index (χ1v) is 6.32.